The summed E-state index contributed by atoms with van der Waals surface area (Å²) in [5, 5.41) is 0.702. The van der Waals surface area contributed by atoms with Crippen LogP contribution in [-0.4, -0.2) is 62.9 Å². The largest absolute Gasteiger partial charge is 0.355 e. The molecule has 0 spiro atoms. The average molecular weight is 395 g/mol. The van der Waals surface area contributed by atoms with Gasteiger partial charge in [0.15, 0.2) is 0 Å². The van der Waals surface area contributed by atoms with Crippen molar-refractivity contribution in [2.75, 3.05) is 45.2 Å². The Hall–Kier alpha value is -1.67. The molecular formula is C18H23ClN4O2S. The Labute approximate surface area is 160 Å². The smallest absolute Gasteiger partial charge is 0.244 e. The Morgan fingerprint density at radius 3 is 2.31 bits per heavy atom. The third-order valence-corrected chi connectivity index (χ3v) is 6.68. The van der Waals surface area contributed by atoms with E-state index in [0.717, 1.165) is 24.5 Å². The Morgan fingerprint density at radius 1 is 1.08 bits per heavy atom. The lowest BCUT2D eigenvalue weighted by atomic mass is 10.2. The molecule has 8 heteroatoms. The van der Waals surface area contributed by atoms with Crippen LogP contribution in [0.15, 0.2) is 47.5 Å². The van der Waals surface area contributed by atoms with Crippen molar-refractivity contribution in [3.63, 3.8) is 0 Å². The first-order chi connectivity index (χ1) is 12.4. The highest BCUT2D eigenvalue weighted by atomic mass is 35.5. The van der Waals surface area contributed by atoms with E-state index in [1.54, 1.807) is 12.1 Å². The summed E-state index contributed by atoms with van der Waals surface area (Å²) in [6.45, 7) is 3.17. The molecule has 0 amide bonds. The SMILES string of the molecule is CN1CCN(S(=O)(=O)c2ccc(N(C)Cc3ccc(Cl)cc3)nc2)CC1. The van der Waals surface area contributed by atoms with Crippen LogP contribution >= 0.6 is 11.6 Å². The van der Waals surface area contributed by atoms with Crippen molar-refractivity contribution in [2.24, 2.45) is 0 Å². The molecule has 140 valence electrons. The van der Waals surface area contributed by atoms with E-state index < -0.39 is 10.0 Å². The van der Waals surface area contributed by atoms with Crippen LogP contribution in [0.2, 0.25) is 5.02 Å². The molecule has 0 saturated carbocycles. The first kappa shape index (κ1) is 19.1. The number of piperazine rings is 1. The van der Waals surface area contributed by atoms with Crippen LogP contribution in [0.1, 0.15) is 5.56 Å². The molecule has 0 atom stereocenters. The summed E-state index contributed by atoms with van der Waals surface area (Å²) in [5.41, 5.74) is 1.10. The maximum absolute atomic E-state index is 12.7. The average Bonchev–Trinajstić information content (AvgIpc) is 2.64. The van der Waals surface area contributed by atoms with Crippen molar-refractivity contribution < 1.29 is 8.42 Å². The molecule has 0 aliphatic carbocycles. The number of halogens is 1. The molecule has 1 aromatic carbocycles. The maximum Gasteiger partial charge on any atom is 0.244 e. The number of benzene rings is 1. The predicted molar refractivity (Wildman–Crippen MR) is 104 cm³/mol. The van der Waals surface area contributed by atoms with Gasteiger partial charge in [-0.05, 0) is 36.9 Å². The van der Waals surface area contributed by atoms with Crippen LogP contribution in [0, 0.1) is 0 Å². The molecule has 6 nitrogen and oxygen atoms in total. The molecule has 1 aromatic heterocycles. The van der Waals surface area contributed by atoms with E-state index in [4.69, 9.17) is 11.6 Å². The molecule has 1 aliphatic heterocycles. The van der Waals surface area contributed by atoms with Gasteiger partial charge in [0.25, 0.3) is 0 Å². The monoisotopic (exact) mass is 394 g/mol. The first-order valence-electron chi connectivity index (χ1n) is 8.46. The molecule has 2 aromatic rings. The van der Waals surface area contributed by atoms with Crippen LogP contribution in [0.3, 0.4) is 0 Å². The number of hydrogen-bond acceptors (Lipinski definition) is 5. The second kappa shape index (κ2) is 7.92. The third-order valence-electron chi connectivity index (χ3n) is 4.54. The van der Waals surface area contributed by atoms with Crippen LogP contribution in [0.5, 0.6) is 0 Å². The van der Waals surface area contributed by atoms with Crippen LogP contribution < -0.4 is 4.90 Å². The van der Waals surface area contributed by atoms with E-state index >= 15 is 0 Å². The molecule has 3 rings (SSSR count). The van der Waals surface area contributed by atoms with Gasteiger partial charge >= 0.3 is 0 Å². The zero-order valence-electron chi connectivity index (χ0n) is 15.0. The minimum atomic E-state index is -3.48. The minimum absolute atomic E-state index is 0.241. The predicted octanol–water partition coefficient (Wildman–Crippen LogP) is 2.31. The summed E-state index contributed by atoms with van der Waals surface area (Å²) in [6, 6.07) is 11.0. The van der Waals surface area contributed by atoms with Gasteiger partial charge in [0.2, 0.25) is 10.0 Å². The molecule has 26 heavy (non-hydrogen) atoms. The van der Waals surface area contributed by atoms with Crippen molar-refractivity contribution in [3.05, 3.63) is 53.2 Å². The topological polar surface area (TPSA) is 56.8 Å². The Morgan fingerprint density at radius 2 is 1.73 bits per heavy atom. The van der Waals surface area contributed by atoms with E-state index in [1.165, 1.54) is 10.5 Å². The summed E-state index contributed by atoms with van der Waals surface area (Å²) in [5.74, 6) is 0.720. The number of pyridine rings is 1. The highest BCUT2D eigenvalue weighted by Crippen LogP contribution is 2.20. The van der Waals surface area contributed by atoms with E-state index in [-0.39, 0.29) is 4.90 Å². The van der Waals surface area contributed by atoms with Gasteiger partial charge in [0, 0.05) is 51.0 Å². The van der Waals surface area contributed by atoms with Gasteiger partial charge < -0.3 is 9.80 Å². The number of anilines is 1. The molecule has 0 radical (unpaired) electrons. The van der Waals surface area contributed by atoms with Crippen molar-refractivity contribution in [1.29, 1.82) is 0 Å². The first-order valence-corrected chi connectivity index (χ1v) is 10.3. The van der Waals surface area contributed by atoms with Crippen LogP contribution in [0.25, 0.3) is 0 Å². The van der Waals surface area contributed by atoms with Gasteiger partial charge in [0.05, 0.1) is 0 Å². The lowest BCUT2D eigenvalue weighted by Crippen LogP contribution is -2.47. The molecule has 2 heterocycles. The number of aromatic nitrogens is 1. The molecule has 0 unspecified atom stereocenters. The summed E-state index contributed by atoms with van der Waals surface area (Å²) < 4.78 is 27.0. The van der Waals surface area contributed by atoms with Gasteiger partial charge in [-0.3, -0.25) is 0 Å². The van der Waals surface area contributed by atoms with Crippen LogP contribution in [0.4, 0.5) is 5.82 Å². The van der Waals surface area contributed by atoms with E-state index in [2.05, 4.69) is 9.88 Å². The summed E-state index contributed by atoms with van der Waals surface area (Å²) in [4.78, 5) is 8.69. The zero-order valence-corrected chi connectivity index (χ0v) is 16.5. The highest BCUT2D eigenvalue weighted by Gasteiger charge is 2.27. The van der Waals surface area contributed by atoms with Gasteiger partial charge in [-0.2, -0.15) is 4.31 Å². The van der Waals surface area contributed by atoms with Gasteiger partial charge in [-0.15, -0.1) is 0 Å². The molecular weight excluding hydrogens is 372 g/mol. The molecule has 0 bridgehead atoms. The Balaban J connectivity index is 1.70. The molecule has 1 aliphatic rings. The van der Waals surface area contributed by atoms with Crippen molar-refractivity contribution in [3.8, 4) is 0 Å². The summed E-state index contributed by atoms with van der Waals surface area (Å²) >= 11 is 5.91. The van der Waals surface area contributed by atoms with Crippen LogP contribution in [-0.2, 0) is 16.6 Å². The number of likely N-dealkylation sites (N-methyl/N-ethyl adjacent to an activating group) is 1. The third kappa shape index (κ3) is 4.35. The Bertz CT molecular complexity index is 832. The zero-order chi connectivity index (χ0) is 18.7. The quantitative estimate of drug-likeness (QED) is 0.778. The van der Waals surface area contributed by atoms with E-state index in [1.807, 2.05) is 43.3 Å². The molecule has 1 saturated heterocycles. The number of rotatable bonds is 5. The van der Waals surface area contributed by atoms with Gasteiger partial charge in [0.1, 0.15) is 10.7 Å². The number of hydrogen-bond donors (Lipinski definition) is 0. The lowest BCUT2D eigenvalue weighted by Gasteiger charge is -2.31. The summed E-state index contributed by atoms with van der Waals surface area (Å²) in [6.07, 6.45) is 1.45. The van der Waals surface area contributed by atoms with Crippen molar-refractivity contribution in [2.45, 2.75) is 11.4 Å². The number of sulfonamides is 1. The fourth-order valence-electron chi connectivity index (χ4n) is 2.87. The fourth-order valence-corrected chi connectivity index (χ4v) is 4.37. The Kier molecular flexibility index (Phi) is 5.82. The number of nitrogens with zero attached hydrogens (tertiary/aromatic N) is 4. The molecule has 1 fully saturated rings. The van der Waals surface area contributed by atoms with Gasteiger partial charge in [-0.1, -0.05) is 23.7 Å². The van der Waals surface area contributed by atoms with Crippen molar-refractivity contribution in [1.82, 2.24) is 14.2 Å². The normalized spacial score (nSPS) is 16.6. The lowest BCUT2D eigenvalue weighted by molar-refractivity contribution is 0.222. The highest BCUT2D eigenvalue weighted by molar-refractivity contribution is 7.89. The van der Waals surface area contributed by atoms with Crippen molar-refractivity contribution >= 4 is 27.4 Å². The van der Waals surface area contributed by atoms with Gasteiger partial charge in [-0.25, -0.2) is 13.4 Å². The van der Waals surface area contributed by atoms with E-state index in [9.17, 15) is 8.42 Å². The second-order valence-corrected chi connectivity index (χ2v) is 8.92. The fraction of sp³-hybridized carbons (Fsp3) is 0.389. The molecule has 0 N–H and O–H groups in total. The standard InChI is InChI=1S/C18H23ClN4O2S/c1-21-9-11-23(12-10-21)26(24,25)17-7-8-18(20-13-17)22(2)14-15-3-5-16(19)6-4-15/h3-8,13H,9-12,14H2,1-2H3. The minimum Gasteiger partial charge on any atom is -0.355 e. The maximum atomic E-state index is 12.7. The second-order valence-electron chi connectivity index (χ2n) is 6.54. The summed E-state index contributed by atoms with van der Waals surface area (Å²) in [7, 11) is 0.438. The van der Waals surface area contributed by atoms with E-state index in [0.29, 0.717) is 24.7 Å².